The number of nitrogens with one attached hydrogen (secondary N) is 1. The molecule has 0 aliphatic heterocycles. The van der Waals surface area contributed by atoms with Crippen molar-refractivity contribution in [2.45, 2.75) is 39.0 Å². The molecule has 1 aromatic heterocycles. The number of nitrogens with zero attached hydrogens (tertiary/aromatic N) is 2. The Kier molecular flexibility index (Phi) is 5.17. The van der Waals surface area contributed by atoms with Crippen molar-refractivity contribution in [1.29, 1.82) is 0 Å². The average Bonchev–Trinajstić information content (AvgIpc) is 3.23. The highest BCUT2D eigenvalue weighted by Crippen LogP contribution is 2.48. The Balaban J connectivity index is 1.99. The molecule has 0 atom stereocenters. The van der Waals surface area contributed by atoms with Gasteiger partial charge in [-0.1, -0.05) is 25.4 Å². The van der Waals surface area contributed by atoms with Crippen LogP contribution in [-0.4, -0.2) is 36.1 Å². The van der Waals surface area contributed by atoms with Gasteiger partial charge in [-0.15, -0.1) is 0 Å². The maximum atomic E-state index is 12.3. The molecule has 2 rings (SSSR count). The van der Waals surface area contributed by atoms with E-state index in [4.69, 9.17) is 16.3 Å². The van der Waals surface area contributed by atoms with Crippen LogP contribution in [-0.2, 0) is 4.74 Å². The number of carbonyl (C=O) groups is 1. The lowest BCUT2D eigenvalue weighted by Crippen LogP contribution is -2.32. The fourth-order valence-corrected chi connectivity index (χ4v) is 2.36. The van der Waals surface area contributed by atoms with Gasteiger partial charge in [-0.25, -0.2) is 9.97 Å². The van der Waals surface area contributed by atoms with Crippen molar-refractivity contribution in [3.63, 3.8) is 0 Å². The van der Waals surface area contributed by atoms with E-state index in [1.807, 2.05) is 13.8 Å². The second-order valence-corrected chi connectivity index (χ2v) is 6.41. The molecule has 6 heteroatoms. The Morgan fingerprint density at radius 2 is 2.24 bits per heavy atom. The summed E-state index contributed by atoms with van der Waals surface area (Å²) in [6.07, 6.45) is 4.73. The van der Waals surface area contributed by atoms with Gasteiger partial charge in [0.05, 0.1) is 11.2 Å². The number of carbonyl (C=O) groups excluding carboxylic acids is 1. The summed E-state index contributed by atoms with van der Waals surface area (Å²) in [5, 5.41) is 3.24. The minimum atomic E-state index is -0.229. The van der Waals surface area contributed by atoms with Crippen LogP contribution in [0, 0.1) is 5.41 Å². The summed E-state index contributed by atoms with van der Waals surface area (Å²) in [4.78, 5) is 20.7. The predicted octanol–water partition coefficient (Wildman–Crippen LogP) is 2.80. The molecule has 1 aliphatic carbocycles. The van der Waals surface area contributed by atoms with E-state index in [-0.39, 0.29) is 22.9 Å². The topological polar surface area (TPSA) is 64.1 Å². The lowest BCUT2D eigenvalue weighted by atomic mass is 10.0. The highest BCUT2D eigenvalue weighted by Gasteiger charge is 2.42. The standard InChI is InChI=1S/C15H22ClN3O2/c1-10(2)13-17-8-11(16)12(19-13)14(20)18-9-15(4-5-15)6-7-21-3/h8,10H,4-7,9H2,1-3H3,(H,18,20). The first kappa shape index (κ1) is 16.2. The van der Waals surface area contributed by atoms with Crippen LogP contribution in [0.25, 0.3) is 0 Å². The van der Waals surface area contributed by atoms with Crippen molar-refractivity contribution in [2.75, 3.05) is 20.3 Å². The van der Waals surface area contributed by atoms with Crippen LogP contribution in [0.4, 0.5) is 0 Å². The Bertz CT molecular complexity index is 516. The lowest BCUT2D eigenvalue weighted by molar-refractivity contribution is 0.0932. The molecule has 1 heterocycles. The monoisotopic (exact) mass is 311 g/mol. The third-order valence-corrected chi connectivity index (χ3v) is 4.19. The van der Waals surface area contributed by atoms with E-state index in [1.54, 1.807) is 7.11 Å². The normalized spacial score (nSPS) is 16.0. The number of amides is 1. The van der Waals surface area contributed by atoms with E-state index in [2.05, 4.69) is 15.3 Å². The molecule has 0 aromatic carbocycles. The van der Waals surface area contributed by atoms with Crippen LogP contribution < -0.4 is 5.32 Å². The summed E-state index contributed by atoms with van der Waals surface area (Å²) in [6, 6.07) is 0. The summed E-state index contributed by atoms with van der Waals surface area (Å²) < 4.78 is 5.12. The van der Waals surface area contributed by atoms with Crippen LogP contribution in [0.15, 0.2) is 6.20 Å². The smallest absolute Gasteiger partial charge is 0.271 e. The maximum Gasteiger partial charge on any atom is 0.271 e. The molecule has 1 saturated carbocycles. The van der Waals surface area contributed by atoms with Crippen molar-refractivity contribution >= 4 is 17.5 Å². The van der Waals surface area contributed by atoms with E-state index in [0.717, 1.165) is 25.9 Å². The van der Waals surface area contributed by atoms with E-state index in [0.29, 0.717) is 17.4 Å². The summed E-state index contributed by atoms with van der Waals surface area (Å²) in [7, 11) is 1.70. The predicted molar refractivity (Wildman–Crippen MR) is 81.6 cm³/mol. The Hall–Kier alpha value is -1.20. The van der Waals surface area contributed by atoms with Crippen LogP contribution >= 0.6 is 11.6 Å². The van der Waals surface area contributed by atoms with Gasteiger partial charge in [0.15, 0.2) is 0 Å². The molecule has 1 aromatic rings. The molecule has 1 amide bonds. The SMILES string of the molecule is COCCC1(CNC(=O)c2nc(C(C)C)ncc2Cl)CC1. The zero-order valence-corrected chi connectivity index (χ0v) is 13.5. The number of rotatable bonds is 7. The lowest BCUT2D eigenvalue weighted by Gasteiger charge is -2.16. The second-order valence-electron chi connectivity index (χ2n) is 6.00. The molecule has 21 heavy (non-hydrogen) atoms. The molecule has 0 spiro atoms. The van der Waals surface area contributed by atoms with Gasteiger partial charge in [0, 0.05) is 26.2 Å². The number of hydrogen-bond donors (Lipinski definition) is 1. The van der Waals surface area contributed by atoms with Crippen molar-refractivity contribution in [2.24, 2.45) is 5.41 Å². The molecule has 0 bridgehead atoms. The molecule has 116 valence electrons. The summed E-state index contributed by atoms with van der Waals surface area (Å²) in [5.41, 5.74) is 0.462. The van der Waals surface area contributed by atoms with Crippen LogP contribution in [0.5, 0.6) is 0 Å². The van der Waals surface area contributed by atoms with Gasteiger partial charge >= 0.3 is 0 Å². The zero-order valence-electron chi connectivity index (χ0n) is 12.8. The Morgan fingerprint density at radius 3 is 2.81 bits per heavy atom. The third kappa shape index (κ3) is 4.14. The highest BCUT2D eigenvalue weighted by atomic mass is 35.5. The first-order chi connectivity index (χ1) is 9.97. The van der Waals surface area contributed by atoms with E-state index in [9.17, 15) is 4.79 Å². The summed E-state index contributed by atoms with van der Waals surface area (Å²) in [5.74, 6) is 0.559. The number of ether oxygens (including phenoxy) is 1. The van der Waals surface area contributed by atoms with Crippen molar-refractivity contribution in [3.05, 3.63) is 22.7 Å². The van der Waals surface area contributed by atoms with E-state index in [1.165, 1.54) is 6.20 Å². The van der Waals surface area contributed by atoms with Gasteiger partial charge < -0.3 is 10.1 Å². The van der Waals surface area contributed by atoms with Gasteiger partial charge in [-0.3, -0.25) is 4.79 Å². The Labute approximate surface area is 130 Å². The average molecular weight is 312 g/mol. The molecule has 0 unspecified atom stereocenters. The molecular weight excluding hydrogens is 290 g/mol. The van der Waals surface area contributed by atoms with Gasteiger partial charge in [0.2, 0.25) is 0 Å². The molecular formula is C15H22ClN3O2. The number of halogens is 1. The van der Waals surface area contributed by atoms with Gasteiger partial charge in [-0.2, -0.15) is 0 Å². The molecule has 0 saturated heterocycles. The van der Waals surface area contributed by atoms with Crippen molar-refractivity contribution in [3.8, 4) is 0 Å². The largest absolute Gasteiger partial charge is 0.385 e. The van der Waals surface area contributed by atoms with E-state index >= 15 is 0 Å². The minimum Gasteiger partial charge on any atom is -0.385 e. The fourth-order valence-electron chi connectivity index (χ4n) is 2.18. The third-order valence-electron chi connectivity index (χ3n) is 3.91. The highest BCUT2D eigenvalue weighted by molar-refractivity contribution is 6.33. The van der Waals surface area contributed by atoms with Crippen molar-refractivity contribution in [1.82, 2.24) is 15.3 Å². The second kappa shape index (κ2) is 6.71. The van der Waals surface area contributed by atoms with Gasteiger partial charge in [-0.05, 0) is 24.7 Å². The zero-order chi connectivity index (χ0) is 15.5. The number of methoxy groups -OCH3 is 1. The molecule has 1 fully saturated rings. The molecule has 1 aliphatic rings. The Morgan fingerprint density at radius 1 is 1.52 bits per heavy atom. The van der Waals surface area contributed by atoms with Crippen LogP contribution in [0.2, 0.25) is 5.02 Å². The van der Waals surface area contributed by atoms with Crippen LogP contribution in [0.3, 0.4) is 0 Å². The number of hydrogen-bond acceptors (Lipinski definition) is 4. The minimum absolute atomic E-state index is 0.158. The van der Waals surface area contributed by atoms with Gasteiger partial charge in [0.25, 0.3) is 5.91 Å². The molecule has 0 radical (unpaired) electrons. The summed E-state index contributed by atoms with van der Waals surface area (Å²) >= 11 is 6.04. The first-order valence-corrected chi connectivity index (χ1v) is 7.65. The van der Waals surface area contributed by atoms with Crippen molar-refractivity contribution < 1.29 is 9.53 Å². The quantitative estimate of drug-likeness (QED) is 0.841. The van der Waals surface area contributed by atoms with Gasteiger partial charge in [0.1, 0.15) is 11.5 Å². The molecule has 5 nitrogen and oxygen atoms in total. The number of aromatic nitrogens is 2. The van der Waals surface area contributed by atoms with E-state index < -0.39 is 0 Å². The fraction of sp³-hybridized carbons (Fsp3) is 0.667. The molecule has 1 N–H and O–H groups in total. The summed E-state index contributed by atoms with van der Waals surface area (Å²) in [6.45, 7) is 5.33. The van der Waals surface area contributed by atoms with Crippen LogP contribution in [0.1, 0.15) is 55.3 Å². The first-order valence-electron chi connectivity index (χ1n) is 7.27. The maximum absolute atomic E-state index is 12.3.